The van der Waals surface area contributed by atoms with Crippen molar-refractivity contribution in [2.75, 3.05) is 12.4 Å². The van der Waals surface area contributed by atoms with E-state index in [1.54, 1.807) is 11.7 Å². The van der Waals surface area contributed by atoms with Crippen LogP contribution in [-0.4, -0.2) is 22.7 Å². The van der Waals surface area contributed by atoms with Gasteiger partial charge in [-0.05, 0) is 37.2 Å². The molecule has 0 unspecified atom stereocenters. The van der Waals surface area contributed by atoms with Gasteiger partial charge in [-0.25, -0.2) is 0 Å². The number of rotatable bonds is 5. The second kappa shape index (κ2) is 6.34. The number of hydrogen-bond acceptors (Lipinski definition) is 3. The highest BCUT2D eigenvalue weighted by Crippen LogP contribution is 2.13. The van der Waals surface area contributed by atoms with Gasteiger partial charge < -0.3 is 10.6 Å². The fourth-order valence-corrected chi connectivity index (χ4v) is 2.07. The Morgan fingerprint density at radius 1 is 1.35 bits per heavy atom. The molecule has 0 atom stereocenters. The van der Waals surface area contributed by atoms with E-state index in [1.807, 2.05) is 44.3 Å². The first-order valence-corrected chi connectivity index (χ1v) is 6.72. The second-order valence-electron chi connectivity index (χ2n) is 4.68. The molecule has 0 aliphatic carbocycles. The third-order valence-electron chi connectivity index (χ3n) is 3.09. The predicted molar refractivity (Wildman–Crippen MR) is 79.7 cm³/mol. The van der Waals surface area contributed by atoms with Crippen molar-refractivity contribution in [3.8, 4) is 0 Å². The summed E-state index contributed by atoms with van der Waals surface area (Å²) >= 11 is 0. The van der Waals surface area contributed by atoms with Crippen LogP contribution in [0, 0.1) is 0 Å². The van der Waals surface area contributed by atoms with Crippen LogP contribution >= 0.6 is 0 Å². The maximum atomic E-state index is 12.2. The number of carbonyl (C=O) groups excluding carboxylic acids is 1. The van der Waals surface area contributed by atoms with Crippen molar-refractivity contribution in [1.82, 2.24) is 15.1 Å². The van der Waals surface area contributed by atoms with Crippen molar-refractivity contribution >= 4 is 11.6 Å². The lowest BCUT2D eigenvalue weighted by molar-refractivity contribution is 0.101. The Hall–Kier alpha value is -2.14. The Balaban J connectivity index is 2.14. The van der Waals surface area contributed by atoms with Gasteiger partial charge in [0.1, 0.15) is 5.69 Å². The number of hydrogen-bond donors (Lipinski definition) is 2. The van der Waals surface area contributed by atoms with Gasteiger partial charge in [0.25, 0.3) is 5.91 Å². The van der Waals surface area contributed by atoms with E-state index in [4.69, 9.17) is 0 Å². The molecule has 0 aliphatic rings. The van der Waals surface area contributed by atoms with Crippen LogP contribution in [0.2, 0.25) is 0 Å². The van der Waals surface area contributed by atoms with Gasteiger partial charge >= 0.3 is 0 Å². The lowest BCUT2D eigenvalue weighted by Crippen LogP contribution is -2.16. The third-order valence-corrected chi connectivity index (χ3v) is 3.09. The average molecular weight is 272 g/mol. The van der Waals surface area contributed by atoms with E-state index in [1.165, 1.54) is 0 Å². The highest BCUT2D eigenvalue weighted by molar-refractivity contribution is 6.03. The summed E-state index contributed by atoms with van der Waals surface area (Å²) in [6.45, 7) is 2.79. The maximum absolute atomic E-state index is 12.2. The van der Waals surface area contributed by atoms with E-state index in [0.29, 0.717) is 5.69 Å². The van der Waals surface area contributed by atoms with Crippen LogP contribution in [0.1, 0.15) is 28.7 Å². The molecular weight excluding hydrogens is 252 g/mol. The van der Waals surface area contributed by atoms with Gasteiger partial charge in [-0.2, -0.15) is 5.10 Å². The lowest BCUT2D eigenvalue weighted by atomic mass is 10.2. The Kier molecular flexibility index (Phi) is 4.53. The van der Waals surface area contributed by atoms with Gasteiger partial charge in [0, 0.05) is 19.3 Å². The highest BCUT2D eigenvalue weighted by atomic mass is 16.2. The molecule has 2 aromatic rings. The molecule has 1 heterocycles. The Morgan fingerprint density at radius 3 is 2.80 bits per heavy atom. The molecule has 0 fully saturated rings. The molecule has 1 aromatic carbocycles. The van der Waals surface area contributed by atoms with Gasteiger partial charge in [0.2, 0.25) is 0 Å². The molecule has 0 saturated heterocycles. The lowest BCUT2D eigenvalue weighted by Gasteiger charge is -2.07. The van der Waals surface area contributed by atoms with Gasteiger partial charge in [0.15, 0.2) is 0 Å². The van der Waals surface area contributed by atoms with E-state index in [9.17, 15) is 4.79 Å². The molecule has 2 rings (SSSR count). The van der Waals surface area contributed by atoms with Gasteiger partial charge in [0.05, 0.1) is 5.69 Å². The van der Waals surface area contributed by atoms with Gasteiger partial charge in [-0.1, -0.05) is 19.1 Å². The summed E-state index contributed by atoms with van der Waals surface area (Å²) in [5, 5.41) is 10.3. The standard InChI is InChI=1S/C15H20N4O/c1-4-12-9-14(19(3)18-12)15(20)17-13-7-5-6-11(8-13)10-16-2/h5-9,16H,4,10H2,1-3H3,(H,17,20). The minimum atomic E-state index is -0.138. The van der Waals surface area contributed by atoms with Crippen LogP contribution in [-0.2, 0) is 20.0 Å². The van der Waals surface area contributed by atoms with Crippen molar-refractivity contribution in [1.29, 1.82) is 0 Å². The number of benzene rings is 1. The summed E-state index contributed by atoms with van der Waals surface area (Å²) in [5.74, 6) is -0.138. The van der Waals surface area contributed by atoms with Crippen LogP contribution in [0.5, 0.6) is 0 Å². The number of amides is 1. The summed E-state index contributed by atoms with van der Waals surface area (Å²) < 4.78 is 1.62. The Labute approximate surface area is 119 Å². The number of nitrogens with zero attached hydrogens (tertiary/aromatic N) is 2. The van der Waals surface area contributed by atoms with Gasteiger partial charge in [-0.3, -0.25) is 9.48 Å². The van der Waals surface area contributed by atoms with Crippen LogP contribution in [0.25, 0.3) is 0 Å². The molecule has 106 valence electrons. The minimum Gasteiger partial charge on any atom is -0.321 e. The molecule has 2 N–H and O–H groups in total. The fraction of sp³-hybridized carbons (Fsp3) is 0.333. The first-order chi connectivity index (χ1) is 9.63. The zero-order valence-corrected chi connectivity index (χ0v) is 12.1. The van der Waals surface area contributed by atoms with Crippen LogP contribution in [0.3, 0.4) is 0 Å². The molecule has 0 aliphatic heterocycles. The van der Waals surface area contributed by atoms with E-state index in [-0.39, 0.29) is 5.91 Å². The summed E-state index contributed by atoms with van der Waals surface area (Å²) in [4.78, 5) is 12.2. The van der Waals surface area contributed by atoms with Crippen molar-refractivity contribution in [3.63, 3.8) is 0 Å². The maximum Gasteiger partial charge on any atom is 0.273 e. The smallest absolute Gasteiger partial charge is 0.273 e. The quantitative estimate of drug-likeness (QED) is 0.874. The summed E-state index contributed by atoms with van der Waals surface area (Å²) in [7, 11) is 3.68. The average Bonchev–Trinajstić information content (AvgIpc) is 2.81. The predicted octanol–water partition coefficient (Wildman–Crippen LogP) is 1.95. The topological polar surface area (TPSA) is 59.0 Å². The second-order valence-corrected chi connectivity index (χ2v) is 4.68. The number of aryl methyl sites for hydroxylation is 2. The summed E-state index contributed by atoms with van der Waals surface area (Å²) in [6, 6.07) is 9.63. The minimum absolute atomic E-state index is 0.138. The molecule has 0 bridgehead atoms. The van der Waals surface area contributed by atoms with Crippen LogP contribution in [0.15, 0.2) is 30.3 Å². The van der Waals surface area contributed by atoms with E-state index in [0.717, 1.165) is 29.9 Å². The zero-order valence-electron chi connectivity index (χ0n) is 12.1. The van der Waals surface area contributed by atoms with Crippen molar-refractivity contribution in [2.24, 2.45) is 7.05 Å². The van der Waals surface area contributed by atoms with Crippen LogP contribution < -0.4 is 10.6 Å². The van der Waals surface area contributed by atoms with Crippen molar-refractivity contribution in [2.45, 2.75) is 19.9 Å². The summed E-state index contributed by atoms with van der Waals surface area (Å²) in [5.41, 5.74) is 3.41. The largest absolute Gasteiger partial charge is 0.321 e. The van der Waals surface area contributed by atoms with Crippen molar-refractivity contribution < 1.29 is 4.79 Å². The molecular formula is C15H20N4O. The third kappa shape index (κ3) is 3.24. The molecule has 1 aromatic heterocycles. The molecule has 0 saturated carbocycles. The number of carbonyl (C=O) groups is 1. The first-order valence-electron chi connectivity index (χ1n) is 6.72. The molecule has 20 heavy (non-hydrogen) atoms. The number of aromatic nitrogens is 2. The molecule has 0 radical (unpaired) electrons. The van der Waals surface area contributed by atoms with E-state index in [2.05, 4.69) is 15.7 Å². The normalized spacial score (nSPS) is 10.6. The van der Waals surface area contributed by atoms with Gasteiger partial charge in [-0.15, -0.1) is 0 Å². The molecule has 5 nitrogen and oxygen atoms in total. The Morgan fingerprint density at radius 2 is 2.15 bits per heavy atom. The Bertz CT molecular complexity index is 604. The molecule has 5 heteroatoms. The van der Waals surface area contributed by atoms with Crippen molar-refractivity contribution in [3.05, 3.63) is 47.3 Å². The molecule has 0 spiro atoms. The SMILES string of the molecule is CCc1cc(C(=O)Nc2cccc(CNC)c2)n(C)n1. The van der Waals surface area contributed by atoms with Crippen LogP contribution in [0.4, 0.5) is 5.69 Å². The molecule has 1 amide bonds. The number of anilines is 1. The number of nitrogens with one attached hydrogen (secondary N) is 2. The van der Waals surface area contributed by atoms with E-state index < -0.39 is 0 Å². The highest BCUT2D eigenvalue weighted by Gasteiger charge is 2.12. The fourth-order valence-electron chi connectivity index (χ4n) is 2.07. The monoisotopic (exact) mass is 272 g/mol. The summed E-state index contributed by atoms with van der Waals surface area (Å²) in [6.07, 6.45) is 0.818. The first kappa shape index (κ1) is 14.3. The zero-order chi connectivity index (χ0) is 14.5. The van der Waals surface area contributed by atoms with E-state index >= 15 is 0 Å².